The first-order valence-electron chi connectivity index (χ1n) is 7.22. The summed E-state index contributed by atoms with van der Waals surface area (Å²) in [5.74, 6) is 5.12. The molecule has 1 aliphatic rings. The molecule has 2 heterocycles. The Morgan fingerprint density at radius 3 is 2.88 bits per heavy atom. The molecule has 0 atom stereocenters. The Balaban J connectivity index is 2.26. The lowest BCUT2D eigenvalue weighted by Crippen LogP contribution is -2.03. The minimum absolute atomic E-state index is 0.0756. The molecule has 0 aliphatic carbocycles. The molecule has 8 nitrogen and oxygen atoms in total. The second kappa shape index (κ2) is 6.51. The zero-order valence-electron chi connectivity index (χ0n) is 13.1. The van der Waals surface area contributed by atoms with E-state index in [-0.39, 0.29) is 16.8 Å². The number of aliphatic hydroxyl groups excluding tert-OH is 1. The predicted octanol–water partition coefficient (Wildman–Crippen LogP) is 1.77. The van der Waals surface area contributed by atoms with Gasteiger partial charge in [0.2, 0.25) is 0 Å². The van der Waals surface area contributed by atoms with Crippen LogP contribution in [0.15, 0.2) is 24.4 Å². The summed E-state index contributed by atoms with van der Waals surface area (Å²) in [6.45, 7) is -0.453. The van der Waals surface area contributed by atoms with E-state index in [4.69, 9.17) is 9.84 Å². The molecular formula is C17H13N3O5. The topological polar surface area (TPSA) is 117 Å². The fourth-order valence-electron chi connectivity index (χ4n) is 2.63. The number of nitrogens with one attached hydrogen (secondary N) is 2. The lowest BCUT2D eigenvalue weighted by molar-refractivity contribution is -0.385. The van der Waals surface area contributed by atoms with Gasteiger partial charge >= 0.3 is 0 Å². The van der Waals surface area contributed by atoms with Crippen molar-refractivity contribution < 1.29 is 19.6 Å². The number of carbonyl (C=O) groups is 1. The van der Waals surface area contributed by atoms with Gasteiger partial charge in [-0.15, -0.1) is 0 Å². The molecule has 1 aromatic heterocycles. The van der Waals surface area contributed by atoms with Crippen molar-refractivity contribution in [2.45, 2.75) is 0 Å². The standard InChI is InChI=1S/C17H13N3O5/c1-25-15-6-7-18-13(15)9-11-16-10(3-2-8-21)14(20(23)24)5-4-12(16)19-17(11)22/h4-7,9,18,21H,8H2,1H3,(H,19,22). The number of nitrogens with zero attached hydrogens (tertiary/aromatic N) is 1. The number of H-pyrrole nitrogens is 1. The van der Waals surface area contributed by atoms with Gasteiger partial charge in [0.1, 0.15) is 17.9 Å². The van der Waals surface area contributed by atoms with Gasteiger partial charge in [0.05, 0.1) is 29.0 Å². The van der Waals surface area contributed by atoms with E-state index in [2.05, 4.69) is 22.1 Å². The Hall–Kier alpha value is -3.57. The summed E-state index contributed by atoms with van der Waals surface area (Å²) in [5.41, 5.74) is 1.37. The van der Waals surface area contributed by atoms with Crippen LogP contribution in [0.4, 0.5) is 11.4 Å². The highest BCUT2D eigenvalue weighted by molar-refractivity contribution is 6.35. The van der Waals surface area contributed by atoms with Gasteiger partial charge in [0.25, 0.3) is 11.6 Å². The summed E-state index contributed by atoms with van der Waals surface area (Å²) in [4.78, 5) is 26.0. The zero-order valence-corrected chi connectivity index (χ0v) is 13.1. The van der Waals surface area contributed by atoms with Crippen molar-refractivity contribution in [3.63, 3.8) is 0 Å². The maximum Gasteiger partial charge on any atom is 0.285 e. The number of nitro groups is 1. The molecular weight excluding hydrogens is 326 g/mol. The average Bonchev–Trinajstić information content (AvgIpc) is 3.17. The van der Waals surface area contributed by atoms with Crippen LogP contribution in [0.25, 0.3) is 11.6 Å². The van der Waals surface area contributed by atoms with Crippen molar-refractivity contribution >= 4 is 28.9 Å². The van der Waals surface area contributed by atoms with Crippen LogP contribution in [0.2, 0.25) is 0 Å². The zero-order chi connectivity index (χ0) is 18.0. The number of fused-ring (bicyclic) bond motifs is 1. The molecule has 8 heteroatoms. The van der Waals surface area contributed by atoms with Crippen molar-refractivity contribution in [1.82, 2.24) is 4.98 Å². The number of nitro benzene ring substituents is 1. The molecule has 3 rings (SSSR count). The maximum atomic E-state index is 12.4. The summed E-state index contributed by atoms with van der Waals surface area (Å²) in [7, 11) is 1.50. The highest BCUT2D eigenvalue weighted by Crippen LogP contribution is 2.40. The number of rotatable bonds is 3. The van der Waals surface area contributed by atoms with Crippen molar-refractivity contribution in [2.75, 3.05) is 19.0 Å². The van der Waals surface area contributed by atoms with E-state index in [1.54, 1.807) is 18.3 Å². The van der Waals surface area contributed by atoms with Crippen LogP contribution in [-0.4, -0.2) is 34.6 Å². The Bertz CT molecular complexity index is 962. The molecule has 0 radical (unpaired) electrons. The van der Waals surface area contributed by atoms with Gasteiger partial charge in [-0.05, 0) is 18.2 Å². The molecule has 0 bridgehead atoms. The maximum absolute atomic E-state index is 12.4. The van der Waals surface area contributed by atoms with E-state index in [0.29, 0.717) is 22.7 Å². The summed E-state index contributed by atoms with van der Waals surface area (Å²) in [6.07, 6.45) is 3.20. The second-order valence-electron chi connectivity index (χ2n) is 5.07. The lowest BCUT2D eigenvalue weighted by Gasteiger charge is -2.04. The van der Waals surface area contributed by atoms with E-state index < -0.39 is 17.4 Å². The predicted molar refractivity (Wildman–Crippen MR) is 90.9 cm³/mol. The average molecular weight is 339 g/mol. The van der Waals surface area contributed by atoms with Crippen LogP contribution in [0.3, 0.4) is 0 Å². The molecule has 126 valence electrons. The highest BCUT2D eigenvalue weighted by atomic mass is 16.6. The van der Waals surface area contributed by atoms with E-state index in [0.717, 1.165) is 0 Å². The number of ether oxygens (including phenoxy) is 1. The number of anilines is 1. The summed E-state index contributed by atoms with van der Waals surface area (Å²) >= 11 is 0. The van der Waals surface area contributed by atoms with E-state index in [1.165, 1.54) is 19.2 Å². The number of aliphatic hydroxyl groups is 1. The van der Waals surface area contributed by atoms with Crippen LogP contribution >= 0.6 is 0 Å². The first kappa shape index (κ1) is 16.3. The smallest absolute Gasteiger partial charge is 0.285 e. The fourth-order valence-corrected chi connectivity index (χ4v) is 2.63. The van der Waals surface area contributed by atoms with Gasteiger partial charge in [0, 0.05) is 17.8 Å². The second-order valence-corrected chi connectivity index (χ2v) is 5.07. The number of benzene rings is 1. The van der Waals surface area contributed by atoms with Gasteiger partial charge in [-0.2, -0.15) is 0 Å². The number of hydrogen-bond acceptors (Lipinski definition) is 5. The highest BCUT2D eigenvalue weighted by Gasteiger charge is 2.31. The molecule has 25 heavy (non-hydrogen) atoms. The third-order valence-electron chi connectivity index (χ3n) is 3.68. The van der Waals surface area contributed by atoms with Crippen LogP contribution in [-0.2, 0) is 4.79 Å². The molecule has 1 amide bonds. The van der Waals surface area contributed by atoms with Crippen molar-refractivity contribution in [3.05, 3.63) is 51.3 Å². The van der Waals surface area contributed by atoms with Gasteiger partial charge in [-0.3, -0.25) is 14.9 Å². The Labute approximate surface area is 142 Å². The summed E-state index contributed by atoms with van der Waals surface area (Å²) in [5, 5.41) is 22.9. The summed E-state index contributed by atoms with van der Waals surface area (Å²) in [6, 6.07) is 4.43. The minimum atomic E-state index is -0.572. The SMILES string of the molecule is COc1cc[nH]c1C=C1C(=O)Nc2ccc([N+](=O)[O-])c(C#CCO)c21. The molecule has 0 fully saturated rings. The first-order chi connectivity index (χ1) is 12.1. The van der Waals surface area contributed by atoms with Gasteiger partial charge in [-0.25, -0.2) is 0 Å². The number of amides is 1. The Morgan fingerprint density at radius 2 is 2.20 bits per heavy atom. The molecule has 3 N–H and O–H groups in total. The fraction of sp³-hybridized carbons (Fsp3) is 0.118. The molecule has 1 aromatic carbocycles. The number of hydrogen-bond donors (Lipinski definition) is 3. The van der Waals surface area contributed by atoms with E-state index >= 15 is 0 Å². The van der Waals surface area contributed by atoms with Crippen LogP contribution < -0.4 is 10.1 Å². The Kier molecular flexibility index (Phi) is 4.24. The molecule has 0 saturated carbocycles. The quantitative estimate of drug-likeness (QED) is 0.341. The summed E-state index contributed by atoms with van der Waals surface area (Å²) < 4.78 is 5.20. The third kappa shape index (κ3) is 2.84. The normalized spacial score (nSPS) is 13.8. The van der Waals surface area contributed by atoms with Crippen LogP contribution in [0, 0.1) is 22.0 Å². The number of aromatic nitrogens is 1. The lowest BCUT2D eigenvalue weighted by atomic mass is 9.98. The third-order valence-corrected chi connectivity index (χ3v) is 3.68. The number of carbonyl (C=O) groups excluding carboxylic acids is 1. The van der Waals surface area contributed by atoms with E-state index in [1.807, 2.05) is 0 Å². The molecule has 0 saturated heterocycles. The minimum Gasteiger partial charge on any atom is -0.495 e. The molecule has 0 spiro atoms. The van der Waals surface area contributed by atoms with Crippen molar-refractivity contribution in [3.8, 4) is 17.6 Å². The largest absolute Gasteiger partial charge is 0.495 e. The van der Waals surface area contributed by atoms with Gasteiger partial charge < -0.3 is 20.1 Å². The first-order valence-corrected chi connectivity index (χ1v) is 7.22. The van der Waals surface area contributed by atoms with Gasteiger partial charge in [-0.1, -0.05) is 11.8 Å². The van der Waals surface area contributed by atoms with Gasteiger partial charge in [0.15, 0.2) is 0 Å². The molecule has 2 aromatic rings. The van der Waals surface area contributed by atoms with E-state index in [9.17, 15) is 14.9 Å². The van der Waals surface area contributed by atoms with Crippen molar-refractivity contribution in [2.24, 2.45) is 0 Å². The monoisotopic (exact) mass is 339 g/mol. The van der Waals surface area contributed by atoms with Crippen molar-refractivity contribution in [1.29, 1.82) is 0 Å². The number of methoxy groups -OCH3 is 1. The molecule has 1 aliphatic heterocycles. The number of aromatic amines is 1. The van der Waals surface area contributed by atoms with Crippen LogP contribution in [0.5, 0.6) is 5.75 Å². The molecule has 0 unspecified atom stereocenters. The Morgan fingerprint density at radius 1 is 1.40 bits per heavy atom. The van der Waals surface area contributed by atoms with Crippen LogP contribution in [0.1, 0.15) is 16.8 Å².